The highest BCUT2D eigenvalue weighted by Gasteiger charge is 2.13. The molecule has 1 aliphatic heterocycles. The van der Waals surface area contributed by atoms with Crippen molar-refractivity contribution in [3.63, 3.8) is 0 Å². The Hall–Kier alpha value is -1.97. The molecule has 0 fully saturated rings. The molecule has 0 saturated heterocycles. The Balaban J connectivity index is 0.00000261. The maximum Gasteiger partial charge on any atom is 0.231 e. The zero-order chi connectivity index (χ0) is 18.5. The average molecular weight is 485 g/mol. The van der Waals surface area contributed by atoms with Crippen LogP contribution in [0.1, 0.15) is 29.4 Å². The lowest BCUT2D eigenvalue weighted by Gasteiger charge is -2.11. The van der Waals surface area contributed by atoms with E-state index in [1.54, 1.807) is 0 Å². The minimum Gasteiger partial charge on any atom is -0.454 e. The van der Waals surface area contributed by atoms with Crippen molar-refractivity contribution in [3.8, 4) is 11.5 Å². The highest BCUT2D eigenvalue weighted by Crippen LogP contribution is 2.32. The number of fused-ring (bicyclic) bond motifs is 1. The number of guanidine groups is 1. The number of benzene rings is 1. The van der Waals surface area contributed by atoms with Gasteiger partial charge in [-0.25, -0.2) is 4.99 Å². The summed E-state index contributed by atoms with van der Waals surface area (Å²) in [6, 6.07) is 6.07. The van der Waals surface area contributed by atoms with Crippen LogP contribution in [0.25, 0.3) is 0 Å². The predicted octanol–water partition coefficient (Wildman–Crippen LogP) is 2.68. The van der Waals surface area contributed by atoms with Gasteiger partial charge in [0.1, 0.15) is 0 Å². The molecule has 7 nitrogen and oxygen atoms in total. The molecule has 1 aromatic heterocycles. The molecule has 0 unspecified atom stereocenters. The van der Waals surface area contributed by atoms with Crippen LogP contribution in [0.3, 0.4) is 0 Å². The van der Waals surface area contributed by atoms with E-state index in [0.717, 1.165) is 48.4 Å². The van der Waals surface area contributed by atoms with Gasteiger partial charge in [-0.15, -0.1) is 24.0 Å². The average Bonchev–Trinajstić information content (AvgIpc) is 3.17. The number of hydrogen-bond acceptors (Lipinski definition) is 4. The van der Waals surface area contributed by atoms with Crippen LogP contribution in [0.2, 0.25) is 0 Å². The van der Waals surface area contributed by atoms with E-state index in [2.05, 4.69) is 35.6 Å². The van der Waals surface area contributed by atoms with E-state index in [-0.39, 0.29) is 24.0 Å². The van der Waals surface area contributed by atoms with Crippen molar-refractivity contribution in [1.82, 2.24) is 20.4 Å². The Morgan fingerprint density at radius 2 is 2.00 bits per heavy atom. The maximum absolute atomic E-state index is 5.43. The zero-order valence-electron chi connectivity index (χ0n) is 16.3. The molecule has 1 aromatic carbocycles. The fourth-order valence-electron chi connectivity index (χ4n) is 2.97. The molecule has 3 rings (SSSR count). The van der Waals surface area contributed by atoms with Gasteiger partial charge in [-0.2, -0.15) is 5.10 Å². The molecular weight excluding hydrogens is 457 g/mol. The van der Waals surface area contributed by atoms with Crippen LogP contribution < -0.4 is 20.1 Å². The number of aliphatic imine (C=N–C) groups is 1. The molecular formula is C19H28IN5O2. The van der Waals surface area contributed by atoms with Crippen molar-refractivity contribution in [2.75, 3.05) is 19.9 Å². The second kappa shape index (κ2) is 9.82. The number of halogens is 1. The Labute approximate surface area is 177 Å². The quantitative estimate of drug-likeness (QED) is 0.374. The molecule has 0 aliphatic carbocycles. The third-order valence-electron chi connectivity index (χ3n) is 4.54. The van der Waals surface area contributed by atoms with Crippen LogP contribution in [0.15, 0.2) is 23.2 Å². The van der Waals surface area contributed by atoms with E-state index >= 15 is 0 Å². The normalized spacial score (nSPS) is 12.7. The third kappa shape index (κ3) is 5.27. The van der Waals surface area contributed by atoms with Crippen LogP contribution in [0, 0.1) is 13.8 Å². The number of aromatic nitrogens is 2. The number of rotatable bonds is 6. The van der Waals surface area contributed by atoms with Crippen LogP contribution >= 0.6 is 24.0 Å². The Bertz CT molecular complexity index is 804. The Morgan fingerprint density at radius 1 is 1.22 bits per heavy atom. The number of ether oxygens (including phenoxy) is 2. The van der Waals surface area contributed by atoms with Crippen LogP contribution in [0.4, 0.5) is 0 Å². The lowest BCUT2D eigenvalue weighted by atomic mass is 10.1. The predicted molar refractivity (Wildman–Crippen MR) is 117 cm³/mol. The van der Waals surface area contributed by atoms with Gasteiger partial charge in [0.2, 0.25) is 6.79 Å². The minimum absolute atomic E-state index is 0. The van der Waals surface area contributed by atoms with Gasteiger partial charge in [0.05, 0.1) is 12.2 Å². The summed E-state index contributed by atoms with van der Waals surface area (Å²) in [6.07, 6.45) is 0.881. The van der Waals surface area contributed by atoms with Gasteiger partial charge in [-0.1, -0.05) is 6.07 Å². The van der Waals surface area contributed by atoms with Gasteiger partial charge >= 0.3 is 0 Å². The highest BCUT2D eigenvalue weighted by molar-refractivity contribution is 14.0. The summed E-state index contributed by atoms with van der Waals surface area (Å²) in [4.78, 5) is 4.70. The monoisotopic (exact) mass is 485 g/mol. The summed E-state index contributed by atoms with van der Waals surface area (Å²) in [5.41, 5.74) is 4.57. The minimum atomic E-state index is 0. The van der Waals surface area contributed by atoms with E-state index in [1.807, 2.05) is 30.8 Å². The standard InChI is InChI=1S/C19H27N5O2.HI/c1-5-20-19(22-11-16-13(2)23-24(4)14(16)3)21-9-8-15-6-7-17-18(10-15)26-12-25-17;/h6-7,10H,5,8-9,11-12H2,1-4H3,(H2,20,21,22);1H. The first-order valence-corrected chi connectivity index (χ1v) is 8.98. The topological polar surface area (TPSA) is 72.7 Å². The van der Waals surface area contributed by atoms with Gasteiger partial charge in [-0.3, -0.25) is 4.68 Å². The van der Waals surface area contributed by atoms with E-state index in [0.29, 0.717) is 13.3 Å². The second-order valence-electron chi connectivity index (χ2n) is 6.33. The number of nitrogens with one attached hydrogen (secondary N) is 2. The molecule has 1 aliphatic rings. The van der Waals surface area contributed by atoms with Gasteiger partial charge in [0.25, 0.3) is 0 Å². The van der Waals surface area contributed by atoms with Crippen LogP contribution in [-0.4, -0.2) is 35.6 Å². The molecule has 8 heteroatoms. The molecule has 148 valence electrons. The van der Waals surface area contributed by atoms with Crippen molar-refractivity contribution >= 4 is 29.9 Å². The second-order valence-corrected chi connectivity index (χ2v) is 6.33. The molecule has 0 amide bonds. The molecule has 0 radical (unpaired) electrons. The molecule has 0 spiro atoms. The molecule has 27 heavy (non-hydrogen) atoms. The first-order valence-electron chi connectivity index (χ1n) is 8.98. The van der Waals surface area contributed by atoms with Crippen LogP contribution in [-0.2, 0) is 20.0 Å². The van der Waals surface area contributed by atoms with E-state index in [4.69, 9.17) is 14.5 Å². The number of hydrogen-bond donors (Lipinski definition) is 2. The lowest BCUT2D eigenvalue weighted by Crippen LogP contribution is -2.38. The fraction of sp³-hybridized carbons (Fsp3) is 0.474. The van der Waals surface area contributed by atoms with E-state index in [1.165, 1.54) is 11.1 Å². The SMILES string of the molecule is CCNC(=NCc1c(C)nn(C)c1C)NCCc1ccc2c(c1)OCO2.I. The molecule has 2 N–H and O–H groups in total. The third-order valence-corrected chi connectivity index (χ3v) is 4.54. The highest BCUT2D eigenvalue weighted by atomic mass is 127. The summed E-state index contributed by atoms with van der Waals surface area (Å²) in [5.74, 6) is 2.46. The summed E-state index contributed by atoms with van der Waals surface area (Å²) in [7, 11) is 1.96. The summed E-state index contributed by atoms with van der Waals surface area (Å²) < 4.78 is 12.7. The summed E-state index contributed by atoms with van der Waals surface area (Å²) in [5, 5.41) is 11.1. The summed E-state index contributed by atoms with van der Waals surface area (Å²) in [6.45, 7) is 8.70. The molecule has 0 saturated carbocycles. The van der Waals surface area contributed by atoms with Crippen molar-refractivity contribution < 1.29 is 9.47 Å². The smallest absolute Gasteiger partial charge is 0.231 e. The molecule has 0 atom stereocenters. The van der Waals surface area contributed by atoms with E-state index < -0.39 is 0 Å². The van der Waals surface area contributed by atoms with Crippen molar-refractivity contribution in [1.29, 1.82) is 0 Å². The number of aryl methyl sites for hydroxylation is 2. The Kier molecular flexibility index (Phi) is 7.76. The maximum atomic E-state index is 5.43. The van der Waals surface area contributed by atoms with Crippen molar-refractivity contribution in [2.24, 2.45) is 12.0 Å². The lowest BCUT2D eigenvalue weighted by molar-refractivity contribution is 0.174. The largest absolute Gasteiger partial charge is 0.454 e. The van der Waals surface area contributed by atoms with Crippen molar-refractivity contribution in [3.05, 3.63) is 40.7 Å². The van der Waals surface area contributed by atoms with Crippen LogP contribution in [0.5, 0.6) is 11.5 Å². The molecule has 2 heterocycles. The number of nitrogens with zero attached hydrogens (tertiary/aromatic N) is 3. The van der Waals surface area contributed by atoms with E-state index in [9.17, 15) is 0 Å². The van der Waals surface area contributed by atoms with Crippen molar-refractivity contribution in [2.45, 2.75) is 33.7 Å². The van der Waals surface area contributed by atoms with Gasteiger partial charge < -0.3 is 20.1 Å². The zero-order valence-corrected chi connectivity index (χ0v) is 18.7. The first kappa shape index (κ1) is 21.3. The van der Waals surface area contributed by atoms with Gasteiger partial charge in [0, 0.05) is 31.4 Å². The first-order chi connectivity index (χ1) is 12.6. The molecule has 0 bridgehead atoms. The molecule has 2 aromatic rings. The van der Waals surface area contributed by atoms with Gasteiger partial charge in [0.15, 0.2) is 17.5 Å². The van der Waals surface area contributed by atoms with Gasteiger partial charge in [-0.05, 0) is 44.9 Å². The fourth-order valence-corrected chi connectivity index (χ4v) is 2.97. The Morgan fingerprint density at radius 3 is 2.70 bits per heavy atom. The summed E-state index contributed by atoms with van der Waals surface area (Å²) >= 11 is 0.